The van der Waals surface area contributed by atoms with Crippen LogP contribution in [0.3, 0.4) is 0 Å². The average molecular weight is 2120 g/mol. The predicted molar refractivity (Wildman–Crippen MR) is 627 cm³/mol. The number of nitrogens with zero attached hydrogens (tertiary/aromatic N) is 10. The van der Waals surface area contributed by atoms with Gasteiger partial charge in [0.1, 0.15) is 24.2 Å². The van der Waals surface area contributed by atoms with Crippen molar-refractivity contribution in [1.82, 2.24) is 49.8 Å². The van der Waals surface area contributed by atoms with E-state index in [-0.39, 0.29) is 21.3 Å². The van der Waals surface area contributed by atoms with Crippen LogP contribution in [-0.2, 0) is 5.41 Å². The summed E-state index contributed by atoms with van der Waals surface area (Å²) in [6, 6.07) is 134. The molecule has 1 aliphatic heterocycles. The number of rotatable bonds is 6. The molecule has 1 aliphatic carbocycles. The Bertz CT molecular complexity index is 10500. The highest BCUT2D eigenvalue weighted by Crippen LogP contribution is 2.56. The maximum atomic E-state index is 6.45. The lowest BCUT2D eigenvalue weighted by molar-refractivity contribution is 0.660. The van der Waals surface area contributed by atoms with Crippen LogP contribution in [0.4, 0.5) is 0 Å². The fraction of sp³-hybridized carbons (Fsp3) is 0.0244. The van der Waals surface area contributed by atoms with Crippen LogP contribution in [0, 0.1) is 0 Å². The van der Waals surface area contributed by atoms with Crippen LogP contribution >= 0.6 is 150 Å². The number of thiophene rings is 6. The molecule has 11 aromatic heterocycles. The van der Waals surface area contributed by atoms with Crippen molar-refractivity contribution < 1.29 is 0 Å². The van der Waals surface area contributed by atoms with Gasteiger partial charge in [-0.3, -0.25) is 0 Å². The predicted octanol–water partition coefficient (Wildman–Crippen LogP) is 39.4. The second-order valence-electron chi connectivity index (χ2n) is 36.1. The summed E-state index contributed by atoms with van der Waals surface area (Å²) < 4.78 is 8.65. The lowest BCUT2D eigenvalue weighted by atomic mass is 9.82. The Labute approximate surface area is 892 Å². The lowest BCUT2D eigenvalue weighted by Gasteiger charge is -2.22. The van der Waals surface area contributed by atoms with Gasteiger partial charge in [0, 0.05) is 156 Å². The number of halogens is 5. The van der Waals surface area contributed by atoms with Gasteiger partial charge < -0.3 is 0 Å². The molecule has 0 saturated carbocycles. The lowest BCUT2D eigenvalue weighted by Crippen LogP contribution is -2.14. The smallest absolute Gasteiger partial charge is 0.217 e. The Kier molecular flexibility index (Phi) is 23.0. The summed E-state index contributed by atoms with van der Waals surface area (Å²) in [6.07, 6.45) is 0. The highest BCUT2D eigenvalue weighted by molar-refractivity contribution is 8.05. The monoisotopic (exact) mass is 2120 g/mol. The van der Waals surface area contributed by atoms with E-state index in [1.54, 1.807) is 68.4 Å². The van der Waals surface area contributed by atoms with Crippen LogP contribution in [0.1, 0.15) is 25.0 Å². The summed E-state index contributed by atoms with van der Waals surface area (Å²) in [7, 11) is 0. The molecule has 0 saturated heterocycles. The summed E-state index contributed by atoms with van der Waals surface area (Å²) in [4.78, 5) is 55.9. The van der Waals surface area contributed by atoms with Crippen molar-refractivity contribution in [2.24, 2.45) is 0 Å². The van der Waals surface area contributed by atoms with E-state index in [2.05, 4.69) is 412 Å². The van der Waals surface area contributed by atoms with Crippen molar-refractivity contribution in [1.29, 1.82) is 0 Å². The molecule has 29 aromatic rings. The molecule has 146 heavy (non-hydrogen) atoms. The van der Waals surface area contributed by atoms with E-state index in [1.807, 2.05) is 47.4 Å². The Balaban J connectivity index is 0.0000000906. The minimum atomic E-state index is -0.0682. The summed E-state index contributed by atoms with van der Waals surface area (Å²) in [5.74, 6) is 0. The molecule has 0 N–H and O–H groups in total. The summed E-state index contributed by atoms with van der Waals surface area (Å²) in [6.45, 7) is 4.61. The van der Waals surface area contributed by atoms with Crippen LogP contribution in [-0.4, -0.2) is 49.8 Å². The molecule has 694 valence electrons. The molecular weight excluding hydrogens is 2050 g/mol. The average Bonchev–Trinajstić information content (AvgIpc) is 1.55. The molecule has 0 fully saturated rings. The summed E-state index contributed by atoms with van der Waals surface area (Å²) in [5, 5.41) is 25.2. The van der Waals surface area contributed by atoms with Crippen LogP contribution in [0.25, 0.3) is 243 Å². The van der Waals surface area contributed by atoms with Gasteiger partial charge in [0.15, 0.2) is 0 Å². The first-order chi connectivity index (χ1) is 71.7. The van der Waals surface area contributed by atoms with Gasteiger partial charge in [-0.15, -0.1) is 68.0 Å². The van der Waals surface area contributed by atoms with E-state index >= 15 is 0 Å². The van der Waals surface area contributed by atoms with Gasteiger partial charge >= 0.3 is 0 Å². The van der Waals surface area contributed by atoms with Crippen molar-refractivity contribution in [3.05, 3.63) is 420 Å². The molecule has 0 amide bonds. The third-order valence-corrected chi connectivity index (χ3v) is 37.3. The van der Waals surface area contributed by atoms with E-state index in [0.717, 1.165) is 113 Å². The van der Waals surface area contributed by atoms with Gasteiger partial charge in [0.05, 0.1) is 28.5 Å². The minimum absolute atomic E-state index is 0.0682. The van der Waals surface area contributed by atoms with Crippen LogP contribution in [0.5, 0.6) is 0 Å². The third-order valence-electron chi connectivity index (χ3n) is 27.3. The second-order valence-corrected chi connectivity index (χ2v) is 46.1. The molecule has 0 radical (unpaired) electrons. The Morgan fingerprint density at radius 3 is 1.28 bits per heavy atom. The fourth-order valence-corrected chi connectivity index (χ4v) is 31.1. The van der Waals surface area contributed by atoms with Gasteiger partial charge in [-0.1, -0.05) is 353 Å². The Morgan fingerprint density at radius 2 is 0.603 bits per heavy atom. The standard InChI is InChI=1S/C29H19ClN2S.C26H15ClN2S.C24H13ClN2S.C22H11ClN2S3.C22H11ClN2S2/c1-29(2)21-10-6-5-9-19(21)20-13-11-17(15-22(20)29)26-25-24-18-8-4-3-7-16(18)12-14-23(24)33-27(25)32-28(30)31-26;27-26-28-23(19-11-6-10-18(15-19)16-7-2-1-3-8-16)22-21-14-13-17-9-4-5-12-20(17)24(21)30-25(22)29-26;25-24-26-21(14-8-2-1-3-9-14)20-19-17-12-6-4-10-15(17)16-11-5-7-13-18(16)22(19)28-23(20)27-24;23-22-24-19(18-12-6-1-2-8-14(12)28-21(18)25-22)13-7-5-11-17-20(13)27-16-10-4-3-9-15(16)26-17;23-22-24-20(19-14-6-2-4-8-17(14)27-21(19)25-22)12-9-10-18-15(11-12)13-5-1-3-7-16(13)26-18/h3-15H,1-2H3;1-15H;1-13H;1-11H;1-11H. The van der Waals surface area contributed by atoms with Crippen molar-refractivity contribution >= 4 is 314 Å². The van der Waals surface area contributed by atoms with Gasteiger partial charge in [-0.25, -0.2) is 49.8 Å². The van der Waals surface area contributed by atoms with Gasteiger partial charge in [0.2, 0.25) is 26.4 Å². The maximum Gasteiger partial charge on any atom is 0.224 e. The molecule has 31 rings (SSSR count). The van der Waals surface area contributed by atoms with Gasteiger partial charge in [0.25, 0.3) is 0 Å². The number of hydrogen-bond acceptors (Lipinski definition) is 18. The van der Waals surface area contributed by atoms with Crippen molar-refractivity contribution in [2.45, 2.75) is 38.8 Å². The van der Waals surface area contributed by atoms with Crippen molar-refractivity contribution in [3.8, 4) is 78.5 Å². The molecule has 0 bridgehead atoms. The van der Waals surface area contributed by atoms with Crippen LogP contribution in [0.2, 0.25) is 26.4 Å². The number of aromatic nitrogens is 10. The molecule has 0 spiro atoms. The minimum Gasteiger partial charge on any atom is -0.217 e. The zero-order valence-electron chi connectivity index (χ0n) is 77.0. The third kappa shape index (κ3) is 15.9. The van der Waals surface area contributed by atoms with E-state index in [9.17, 15) is 0 Å². The summed E-state index contributed by atoms with van der Waals surface area (Å²) in [5.41, 5.74) is 17.4. The molecule has 2 aliphatic rings. The fourth-order valence-electron chi connectivity index (χ4n) is 20.8. The maximum absolute atomic E-state index is 6.45. The SMILES string of the molecule is CC1(C)c2ccccc2-c2ccc(-c3nc(Cl)nc4sc5ccc6ccccc6c5c34)cc21.Clc1nc(-c2ccc3sc4ccccc4c3c2)c2c(n1)sc1ccccc12.Clc1nc(-c2cccc(-c3ccccc3)c2)c2c(n1)sc1c3ccccc3ccc12.Clc1nc(-c2cccc3c2Sc2ccccc2S3)c2c(n1)sc1ccccc12.Clc1nc(-c2ccccc2)c2c(n1)sc1c3ccccc3c3ccccc3c12. The van der Waals surface area contributed by atoms with Crippen molar-refractivity contribution in [2.75, 3.05) is 0 Å². The first kappa shape index (κ1) is 90.6. The van der Waals surface area contributed by atoms with Crippen molar-refractivity contribution in [3.63, 3.8) is 0 Å². The zero-order valence-corrected chi connectivity index (χ0v) is 87.3. The Hall–Kier alpha value is -14.1. The molecule has 0 unspecified atom stereocenters. The molecular formula is C123H69Cl5N10S8. The number of hydrogen-bond donors (Lipinski definition) is 0. The first-order valence-electron chi connectivity index (χ1n) is 47.1. The topological polar surface area (TPSA) is 129 Å². The number of fused-ring (bicyclic) bond motifs is 32. The highest BCUT2D eigenvalue weighted by Gasteiger charge is 2.37. The summed E-state index contributed by atoms with van der Waals surface area (Å²) >= 11 is 45.6. The quantitative estimate of drug-likeness (QED) is 0.116. The molecule has 12 heterocycles. The molecule has 18 aromatic carbocycles. The molecule has 10 nitrogen and oxygen atoms in total. The molecule has 23 heteroatoms. The molecule has 0 atom stereocenters. The number of benzene rings is 18. The largest absolute Gasteiger partial charge is 0.224 e. The Morgan fingerprint density at radius 1 is 0.199 bits per heavy atom. The highest BCUT2D eigenvalue weighted by atomic mass is 35.5. The van der Waals surface area contributed by atoms with E-state index in [1.165, 1.54) is 161 Å². The van der Waals surface area contributed by atoms with E-state index in [0.29, 0.717) is 10.6 Å². The van der Waals surface area contributed by atoms with Gasteiger partial charge in [-0.2, -0.15) is 0 Å². The first-order valence-corrected chi connectivity index (χ1v) is 55.5. The van der Waals surface area contributed by atoms with Gasteiger partial charge in [-0.05, 0) is 196 Å². The second kappa shape index (κ2) is 37.1. The van der Waals surface area contributed by atoms with E-state index in [4.69, 9.17) is 68.0 Å². The van der Waals surface area contributed by atoms with E-state index < -0.39 is 0 Å². The normalized spacial score (nSPS) is 12.5. The van der Waals surface area contributed by atoms with Crippen LogP contribution in [0.15, 0.2) is 402 Å². The van der Waals surface area contributed by atoms with Crippen LogP contribution < -0.4 is 0 Å². The zero-order chi connectivity index (χ0) is 97.7.